The van der Waals surface area contributed by atoms with E-state index in [4.69, 9.17) is 0 Å². The van der Waals surface area contributed by atoms with Crippen LogP contribution in [0.25, 0.3) is 10.2 Å². The monoisotopic (exact) mass is 278 g/mol. The van der Waals surface area contributed by atoms with Crippen LogP contribution in [0.1, 0.15) is 23.8 Å². The molecule has 0 saturated carbocycles. The second-order valence-electron chi connectivity index (χ2n) is 4.29. The zero-order chi connectivity index (χ0) is 12.5. The molecule has 0 aromatic carbocycles. The zero-order valence-corrected chi connectivity index (χ0v) is 11.8. The number of aromatic nitrogens is 2. The van der Waals surface area contributed by atoms with Gasteiger partial charge in [-0.05, 0) is 31.7 Å². The molecule has 1 aliphatic carbocycles. The molecule has 1 aliphatic rings. The van der Waals surface area contributed by atoms with Crippen molar-refractivity contribution in [2.24, 2.45) is 0 Å². The van der Waals surface area contributed by atoms with E-state index in [1.807, 2.05) is 13.0 Å². The summed E-state index contributed by atoms with van der Waals surface area (Å²) in [6, 6.07) is 0. The summed E-state index contributed by atoms with van der Waals surface area (Å²) in [5.74, 6) is 0.843. The number of allylic oxidation sites excluding steroid dienone is 1. The van der Waals surface area contributed by atoms with Gasteiger partial charge in [0, 0.05) is 10.6 Å². The predicted octanol–water partition coefficient (Wildman–Crippen LogP) is 3.14. The van der Waals surface area contributed by atoms with E-state index in [2.05, 4.69) is 16.0 Å². The summed E-state index contributed by atoms with van der Waals surface area (Å²) in [6.45, 7) is 1.99. The van der Waals surface area contributed by atoms with Gasteiger partial charge in [-0.2, -0.15) is 0 Å². The lowest BCUT2D eigenvalue weighted by atomic mass is 10.2. The molecule has 3 nitrogen and oxygen atoms in total. The van der Waals surface area contributed by atoms with Crippen LogP contribution < -0.4 is 5.56 Å². The lowest BCUT2D eigenvalue weighted by Gasteiger charge is -1.98. The third kappa shape index (κ3) is 2.01. The van der Waals surface area contributed by atoms with Crippen LogP contribution in [0.2, 0.25) is 0 Å². The Hall–Kier alpha value is -1.07. The van der Waals surface area contributed by atoms with E-state index in [9.17, 15) is 4.79 Å². The fourth-order valence-corrected chi connectivity index (χ4v) is 4.36. The molecule has 5 heteroatoms. The molecular formula is C13H14N2OS2. The molecule has 94 valence electrons. The highest BCUT2D eigenvalue weighted by atomic mass is 32.2. The highest BCUT2D eigenvalue weighted by Gasteiger charge is 2.20. The average molecular weight is 278 g/mol. The van der Waals surface area contributed by atoms with E-state index in [0.717, 1.165) is 34.0 Å². The molecule has 1 N–H and O–H groups in total. The van der Waals surface area contributed by atoms with Crippen LogP contribution in [0.15, 0.2) is 22.1 Å². The van der Waals surface area contributed by atoms with Crippen LogP contribution >= 0.6 is 23.1 Å². The highest BCUT2D eigenvalue weighted by Crippen LogP contribution is 2.34. The van der Waals surface area contributed by atoms with Crippen molar-refractivity contribution in [3.8, 4) is 0 Å². The molecule has 2 aromatic rings. The second-order valence-corrected chi connectivity index (χ2v) is 6.38. The Morgan fingerprint density at radius 2 is 2.39 bits per heavy atom. The molecular weight excluding hydrogens is 264 g/mol. The number of H-pyrrole nitrogens is 1. The Bertz CT molecular complexity index is 669. The van der Waals surface area contributed by atoms with Gasteiger partial charge in [-0.1, -0.05) is 23.9 Å². The van der Waals surface area contributed by atoms with Crippen molar-refractivity contribution < 1.29 is 0 Å². The first-order chi connectivity index (χ1) is 8.79. The van der Waals surface area contributed by atoms with Crippen LogP contribution in [-0.2, 0) is 12.8 Å². The standard InChI is InChI=1S/C13H14N2OS2/c1-2-3-7-17-13-14-11(16)10-8-5-4-6-9(8)18-12(10)15-13/h2-3H,4-7H2,1H3,(H,14,15,16)/b3-2+. The summed E-state index contributed by atoms with van der Waals surface area (Å²) in [6.07, 6.45) is 7.38. The summed E-state index contributed by atoms with van der Waals surface area (Å²) in [7, 11) is 0. The maximum absolute atomic E-state index is 12.1. The third-order valence-electron chi connectivity index (χ3n) is 3.11. The first-order valence-corrected chi connectivity index (χ1v) is 7.88. The molecule has 0 bridgehead atoms. The number of aromatic amines is 1. The number of aryl methyl sites for hydroxylation is 2. The number of nitrogens with one attached hydrogen (secondary N) is 1. The highest BCUT2D eigenvalue weighted by molar-refractivity contribution is 7.99. The number of rotatable bonds is 3. The summed E-state index contributed by atoms with van der Waals surface area (Å²) < 4.78 is 0. The van der Waals surface area contributed by atoms with E-state index in [1.54, 1.807) is 23.1 Å². The molecule has 2 heterocycles. The van der Waals surface area contributed by atoms with Gasteiger partial charge in [0.2, 0.25) is 0 Å². The maximum Gasteiger partial charge on any atom is 0.260 e. The van der Waals surface area contributed by atoms with E-state index in [-0.39, 0.29) is 5.56 Å². The smallest absolute Gasteiger partial charge is 0.260 e. The molecule has 0 saturated heterocycles. The third-order valence-corrected chi connectivity index (χ3v) is 5.12. The van der Waals surface area contributed by atoms with Gasteiger partial charge in [-0.3, -0.25) is 4.79 Å². The van der Waals surface area contributed by atoms with Gasteiger partial charge < -0.3 is 4.98 Å². The number of thiophene rings is 1. The van der Waals surface area contributed by atoms with Crippen molar-refractivity contribution >= 4 is 33.3 Å². The maximum atomic E-state index is 12.1. The molecule has 18 heavy (non-hydrogen) atoms. The van der Waals surface area contributed by atoms with Gasteiger partial charge in [-0.15, -0.1) is 11.3 Å². The molecule has 2 aromatic heterocycles. The van der Waals surface area contributed by atoms with Crippen molar-refractivity contribution in [1.82, 2.24) is 9.97 Å². The predicted molar refractivity (Wildman–Crippen MR) is 77.8 cm³/mol. The molecule has 0 fully saturated rings. The summed E-state index contributed by atoms with van der Waals surface area (Å²) >= 11 is 3.26. The SMILES string of the molecule is C/C=C/CSc1nc2sc3c(c2c(=O)[nH]1)CCC3. The fourth-order valence-electron chi connectivity index (χ4n) is 2.27. The molecule has 0 aliphatic heterocycles. The first kappa shape index (κ1) is 12.0. The van der Waals surface area contributed by atoms with Crippen LogP contribution in [0.4, 0.5) is 0 Å². The Labute approximate surface area is 113 Å². The van der Waals surface area contributed by atoms with Crippen LogP contribution in [0, 0.1) is 0 Å². The van der Waals surface area contributed by atoms with Gasteiger partial charge in [0.05, 0.1) is 5.39 Å². The van der Waals surface area contributed by atoms with Crippen molar-refractivity contribution in [1.29, 1.82) is 0 Å². The van der Waals surface area contributed by atoms with Gasteiger partial charge in [-0.25, -0.2) is 4.98 Å². The molecule has 0 unspecified atom stereocenters. The lowest BCUT2D eigenvalue weighted by molar-refractivity contribution is 0.914. The van der Waals surface area contributed by atoms with E-state index >= 15 is 0 Å². The topological polar surface area (TPSA) is 45.8 Å². The molecule has 0 amide bonds. The summed E-state index contributed by atoms with van der Waals surface area (Å²) in [5, 5.41) is 1.56. The Morgan fingerprint density at radius 1 is 1.50 bits per heavy atom. The molecule has 3 rings (SSSR count). The number of fused-ring (bicyclic) bond motifs is 3. The van der Waals surface area contributed by atoms with Gasteiger partial charge >= 0.3 is 0 Å². The van der Waals surface area contributed by atoms with Crippen LogP contribution in [-0.4, -0.2) is 15.7 Å². The van der Waals surface area contributed by atoms with Crippen molar-refractivity contribution in [3.63, 3.8) is 0 Å². The van der Waals surface area contributed by atoms with E-state index in [1.165, 1.54) is 16.9 Å². The average Bonchev–Trinajstić information content (AvgIpc) is 2.88. The van der Waals surface area contributed by atoms with Crippen molar-refractivity contribution in [2.45, 2.75) is 31.3 Å². The van der Waals surface area contributed by atoms with Gasteiger partial charge in [0.1, 0.15) is 4.83 Å². The number of hydrogen-bond acceptors (Lipinski definition) is 4. The van der Waals surface area contributed by atoms with Gasteiger partial charge in [0.25, 0.3) is 5.56 Å². The minimum absolute atomic E-state index is 0.0300. The second kappa shape index (κ2) is 4.90. The Kier molecular flexibility index (Phi) is 3.26. The summed E-state index contributed by atoms with van der Waals surface area (Å²) in [5.41, 5.74) is 1.27. The molecule has 0 spiro atoms. The molecule has 0 radical (unpaired) electrons. The van der Waals surface area contributed by atoms with Crippen LogP contribution in [0.3, 0.4) is 0 Å². The summed E-state index contributed by atoms with van der Waals surface area (Å²) in [4.78, 5) is 21.9. The Morgan fingerprint density at radius 3 is 3.22 bits per heavy atom. The normalized spacial score (nSPS) is 14.7. The van der Waals surface area contributed by atoms with Crippen LogP contribution in [0.5, 0.6) is 0 Å². The van der Waals surface area contributed by atoms with Gasteiger partial charge in [0.15, 0.2) is 5.16 Å². The molecule has 0 atom stereocenters. The minimum atomic E-state index is 0.0300. The first-order valence-electron chi connectivity index (χ1n) is 6.08. The lowest BCUT2D eigenvalue weighted by Crippen LogP contribution is -2.09. The number of hydrogen-bond donors (Lipinski definition) is 1. The minimum Gasteiger partial charge on any atom is -0.301 e. The number of nitrogens with zero attached hydrogens (tertiary/aromatic N) is 1. The fraction of sp³-hybridized carbons (Fsp3) is 0.385. The Balaban J connectivity index is 2.03. The zero-order valence-electron chi connectivity index (χ0n) is 10.2. The quantitative estimate of drug-likeness (QED) is 0.533. The van der Waals surface area contributed by atoms with E-state index < -0.39 is 0 Å². The largest absolute Gasteiger partial charge is 0.301 e. The number of thioether (sulfide) groups is 1. The van der Waals surface area contributed by atoms with Crippen molar-refractivity contribution in [3.05, 3.63) is 32.9 Å². The van der Waals surface area contributed by atoms with E-state index in [0.29, 0.717) is 0 Å². The van der Waals surface area contributed by atoms with Crippen molar-refractivity contribution in [2.75, 3.05) is 5.75 Å².